The highest BCUT2D eigenvalue weighted by Crippen LogP contribution is 2.19. The van der Waals surface area contributed by atoms with E-state index in [1.54, 1.807) is 12.3 Å². The molecule has 0 saturated carbocycles. The minimum absolute atomic E-state index is 0.176. The number of para-hydroxylation sites is 1. The lowest BCUT2D eigenvalue weighted by molar-refractivity contribution is 0.0946. The molecule has 4 aromatic rings. The second-order valence-corrected chi connectivity index (χ2v) is 5.43. The molecule has 2 aromatic heterocycles. The maximum Gasteiger partial charge on any atom is 0.293 e. The van der Waals surface area contributed by atoms with Crippen LogP contribution >= 0.6 is 0 Å². The Labute approximate surface area is 143 Å². The van der Waals surface area contributed by atoms with Gasteiger partial charge in [-0.3, -0.25) is 4.79 Å². The molecule has 122 valence electrons. The van der Waals surface area contributed by atoms with E-state index in [4.69, 9.17) is 4.52 Å². The van der Waals surface area contributed by atoms with E-state index >= 15 is 0 Å². The predicted octanol–water partition coefficient (Wildman–Crippen LogP) is 3.59. The van der Waals surface area contributed by atoms with Crippen molar-refractivity contribution in [2.24, 2.45) is 5.10 Å². The van der Waals surface area contributed by atoms with Gasteiger partial charge in [-0.15, -0.1) is 0 Å². The largest absolute Gasteiger partial charge is 0.361 e. The van der Waals surface area contributed by atoms with Crippen LogP contribution in [0.1, 0.15) is 16.1 Å². The summed E-state index contributed by atoms with van der Waals surface area (Å²) in [5, 5.41) is 8.82. The maximum absolute atomic E-state index is 12.1. The Morgan fingerprint density at radius 3 is 2.80 bits per heavy atom. The molecule has 0 atom stereocenters. The highest BCUT2D eigenvalue weighted by Gasteiger charge is 2.12. The molecule has 1 amide bonds. The summed E-state index contributed by atoms with van der Waals surface area (Å²) in [6.07, 6.45) is 3.43. The standard InChI is InChI=1S/C19H14N4O2/c24-19(17-10-18(25-23-17)13-6-2-1-3-7-13)22-21-12-14-11-20-16-9-5-4-8-15(14)16/h1-12,20H,(H,22,24)/b21-12+. The molecule has 0 aliphatic rings. The van der Waals surface area contributed by atoms with Crippen LogP contribution in [0.2, 0.25) is 0 Å². The number of fused-ring (bicyclic) bond motifs is 1. The van der Waals surface area contributed by atoms with Crippen molar-refractivity contribution in [3.8, 4) is 11.3 Å². The van der Waals surface area contributed by atoms with Gasteiger partial charge >= 0.3 is 0 Å². The molecule has 25 heavy (non-hydrogen) atoms. The van der Waals surface area contributed by atoms with Gasteiger partial charge in [-0.1, -0.05) is 53.7 Å². The number of H-pyrrole nitrogens is 1. The Kier molecular flexibility index (Phi) is 3.84. The number of aromatic amines is 1. The van der Waals surface area contributed by atoms with Gasteiger partial charge in [0.05, 0.1) is 6.21 Å². The third-order valence-corrected chi connectivity index (χ3v) is 3.79. The molecule has 4 rings (SSSR count). The number of benzene rings is 2. The Morgan fingerprint density at radius 1 is 1.12 bits per heavy atom. The van der Waals surface area contributed by atoms with Gasteiger partial charge in [0.2, 0.25) is 0 Å². The minimum Gasteiger partial charge on any atom is -0.361 e. The lowest BCUT2D eigenvalue weighted by Gasteiger charge is -1.94. The van der Waals surface area contributed by atoms with Crippen LogP contribution in [0, 0.1) is 0 Å². The van der Waals surface area contributed by atoms with E-state index in [1.807, 2.05) is 60.8 Å². The normalized spacial score (nSPS) is 11.2. The second kappa shape index (κ2) is 6.45. The van der Waals surface area contributed by atoms with E-state index in [2.05, 4.69) is 20.7 Å². The average Bonchev–Trinajstić information content (AvgIpc) is 3.30. The third kappa shape index (κ3) is 3.05. The lowest BCUT2D eigenvalue weighted by atomic mass is 10.1. The van der Waals surface area contributed by atoms with Crippen molar-refractivity contribution < 1.29 is 9.32 Å². The van der Waals surface area contributed by atoms with E-state index in [-0.39, 0.29) is 5.69 Å². The molecule has 2 heterocycles. The van der Waals surface area contributed by atoms with Crippen LogP contribution in [0.4, 0.5) is 0 Å². The summed E-state index contributed by atoms with van der Waals surface area (Å²) in [7, 11) is 0. The van der Waals surface area contributed by atoms with Crippen LogP contribution < -0.4 is 5.43 Å². The maximum atomic E-state index is 12.1. The first-order valence-corrected chi connectivity index (χ1v) is 7.73. The fourth-order valence-corrected chi connectivity index (χ4v) is 2.54. The van der Waals surface area contributed by atoms with Crippen molar-refractivity contribution >= 4 is 23.0 Å². The highest BCUT2D eigenvalue weighted by atomic mass is 16.5. The van der Waals surface area contributed by atoms with E-state index < -0.39 is 5.91 Å². The quantitative estimate of drug-likeness (QED) is 0.443. The van der Waals surface area contributed by atoms with E-state index in [0.29, 0.717) is 5.76 Å². The van der Waals surface area contributed by atoms with Crippen molar-refractivity contribution in [3.63, 3.8) is 0 Å². The monoisotopic (exact) mass is 330 g/mol. The van der Waals surface area contributed by atoms with Gasteiger partial charge in [-0.25, -0.2) is 5.43 Å². The number of nitrogens with zero attached hydrogens (tertiary/aromatic N) is 2. The summed E-state index contributed by atoms with van der Waals surface area (Å²) < 4.78 is 5.21. The van der Waals surface area contributed by atoms with Crippen LogP contribution in [0.5, 0.6) is 0 Å². The molecule has 0 aliphatic heterocycles. The molecule has 0 unspecified atom stereocenters. The molecule has 6 heteroatoms. The van der Waals surface area contributed by atoms with Gasteiger partial charge in [0, 0.05) is 34.3 Å². The molecule has 2 N–H and O–H groups in total. The van der Waals surface area contributed by atoms with E-state index in [1.165, 1.54) is 0 Å². The number of carbonyl (C=O) groups is 1. The Balaban J connectivity index is 1.47. The van der Waals surface area contributed by atoms with Crippen molar-refractivity contribution in [2.45, 2.75) is 0 Å². The Morgan fingerprint density at radius 2 is 1.92 bits per heavy atom. The van der Waals surface area contributed by atoms with Gasteiger partial charge < -0.3 is 9.51 Å². The van der Waals surface area contributed by atoms with Crippen molar-refractivity contribution in [1.29, 1.82) is 0 Å². The number of rotatable bonds is 4. The topological polar surface area (TPSA) is 83.3 Å². The third-order valence-electron chi connectivity index (χ3n) is 3.79. The summed E-state index contributed by atoms with van der Waals surface area (Å²) in [6.45, 7) is 0. The molecule has 0 spiro atoms. The molecule has 0 radical (unpaired) electrons. The summed E-state index contributed by atoms with van der Waals surface area (Å²) >= 11 is 0. The van der Waals surface area contributed by atoms with Gasteiger partial charge in [-0.2, -0.15) is 5.10 Å². The SMILES string of the molecule is O=C(N/N=C/c1c[nH]c2ccccc12)c1cc(-c2ccccc2)on1. The molecule has 0 fully saturated rings. The predicted molar refractivity (Wildman–Crippen MR) is 95.3 cm³/mol. The molecule has 0 bridgehead atoms. The van der Waals surface area contributed by atoms with Gasteiger partial charge in [0.1, 0.15) is 0 Å². The zero-order chi connectivity index (χ0) is 17.1. The first kappa shape index (κ1) is 14.9. The van der Waals surface area contributed by atoms with E-state index in [0.717, 1.165) is 22.0 Å². The number of hydrazone groups is 1. The number of aromatic nitrogens is 2. The molecule has 6 nitrogen and oxygen atoms in total. The van der Waals surface area contributed by atoms with Crippen LogP contribution in [-0.2, 0) is 0 Å². The van der Waals surface area contributed by atoms with Gasteiger partial charge in [-0.05, 0) is 6.07 Å². The van der Waals surface area contributed by atoms with Crippen molar-refractivity contribution in [3.05, 3.63) is 78.1 Å². The zero-order valence-electron chi connectivity index (χ0n) is 13.1. The fraction of sp³-hybridized carbons (Fsp3) is 0. The molecule has 2 aromatic carbocycles. The average molecular weight is 330 g/mol. The number of carbonyl (C=O) groups excluding carboxylic acids is 1. The van der Waals surface area contributed by atoms with Gasteiger partial charge in [0.25, 0.3) is 5.91 Å². The van der Waals surface area contributed by atoms with Crippen molar-refractivity contribution in [2.75, 3.05) is 0 Å². The fourth-order valence-electron chi connectivity index (χ4n) is 2.54. The lowest BCUT2D eigenvalue weighted by Crippen LogP contribution is -2.17. The summed E-state index contributed by atoms with van der Waals surface area (Å²) in [6, 6.07) is 18.9. The highest BCUT2D eigenvalue weighted by molar-refractivity contribution is 6.00. The zero-order valence-corrected chi connectivity index (χ0v) is 13.1. The second-order valence-electron chi connectivity index (χ2n) is 5.43. The number of nitrogens with one attached hydrogen (secondary N) is 2. The number of amides is 1. The molecular formula is C19H14N4O2. The van der Waals surface area contributed by atoms with Crippen LogP contribution in [0.25, 0.3) is 22.2 Å². The van der Waals surface area contributed by atoms with E-state index in [9.17, 15) is 4.79 Å². The Hall–Kier alpha value is -3.67. The first-order valence-electron chi connectivity index (χ1n) is 7.73. The molecule has 0 aliphatic carbocycles. The van der Waals surface area contributed by atoms with Crippen LogP contribution in [-0.4, -0.2) is 22.3 Å². The van der Waals surface area contributed by atoms with Crippen molar-refractivity contribution in [1.82, 2.24) is 15.6 Å². The first-order chi connectivity index (χ1) is 12.3. The number of hydrogen-bond donors (Lipinski definition) is 2. The van der Waals surface area contributed by atoms with Crippen LogP contribution in [0.15, 0.2) is 76.5 Å². The molecular weight excluding hydrogens is 316 g/mol. The minimum atomic E-state index is -0.429. The smallest absolute Gasteiger partial charge is 0.293 e. The Bertz CT molecular complexity index is 1050. The number of hydrogen-bond acceptors (Lipinski definition) is 4. The summed E-state index contributed by atoms with van der Waals surface area (Å²) in [5.41, 5.74) is 5.40. The summed E-state index contributed by atoms with van der Waals surface area (Å²) in [4.78, 5) is 15.3. The summed E-state index contributed by atoms with van der Waals surface area (Å²) in [5.74, 6) is 0.105. The van der Waals surface area contributed by atoms with Gasteiger partial charge in [0.15, 0.2) is 11.5 Å². The van der Waals surface area contributed by atoms with Crippen LogP contribution in [0.3, 0.4) is 0 Å². The molecule has 0 saturated heterocycles.